The number of para-hydroxylation sites is 2. The molecule has 5 heteroatoms. The van der Waals surface area contributed by atoms with Crippen LogP contribution in [-0.2, 0) is 11.2 Å². The van der Waals surface area contributed by atoms with Crippen LogP contribution in [0.1, 0.15) is 18.9 Å². The SMILES string of the molecule is COc1ccc(OC(C)C(=O)Nc2ccccc2OCCCc2ccccc2)cc1. The van der Waals surface area contributed by atoms with Gasteiger partial charge in [-0.05, 0) is 61.7 Å². The van der Waals surface area contributed by atoms with Gasteiger partial charge in [0.05, 0.1) is 19.4 Å². The summed E-state index contributed by atoms with van der Waals surface area (Å²) < 4.78 is 16.8. The zero-order valence-electron chi connectivity index (χ0n) is 17.3. The van der Waals surface area contributed by atoms with Crippen LogP contribution in [-0.4, -0.2) is 25.7 Å². The van der Waals surface area contributed by atoms with Gasteiger partial charge in [0.25, 0.3) is 5.91 Å². The summed E-state index contributed by atoms with van der Waals surface area (Å²) in [7, 11) is 1.60. The molecule has 1 N–H and O–H groups in total. The first-order valence-corrected chi connectivity index (χ1v) is 10.0. The molecule has 1 amide bonds. The molecule has 1 unspecified atom stereocenters. The largest absolute Gasteiger partial charge is 0.497 e. The number of benzene rings is 3. The molecule has 30 heavy (non-hydrogen) atoms. The smallest absolute Gasteiger partial charge is 0.265 e. The van der Waals surface area contributed by atoms with Crippen LogP contribution >= 0.6 is 0 Å². The van der Waals surface area contributed by atoms with Crippen molar-refractivity contribution >= 4 is 11.6 Å². The molecule has 0 heterocycles. The first-order chi connectivity index (χ1) is 14.7. The number of anilines is 1. The lowest BCUT2D eigenvalue weighted by atomic mass is 10.1. The molecule has 0 saturated heterocycles. The Morgan fingerprint density at radius 3 is 2.30 bits per heavy atom. The van der Waals surface area contributed by atoms with Crippen molar-refractivity contribution in [2.45, 2.75) is 25.9 Å². The average Bonchev–Trinajstić information content (AvgIpc) is 2.79. The van der Waals surface area contributed by atoms with Crippen molar-refractivity contribution in [2.24, 2.45) is 0 Å². The topological polar surface area (TPSA) is 56.8 Å². The third kappa shape index (κ3) is 6.27. The Morgan fingerprint density at radius 2 is 1.57 bits per heavy atom. The van der Waals surface area contributed by atoms with Crippen LogP contribution in [0.4, 0.5) is 5.69 Å². The maximum Gasteiger partial charge on any atom is 0.265 e. The van der Waals surface area contributed by atoms with Gasteiger partial charge in [0.1, 0.15) is 17.2 Å². The van der Waals surface area contributed by atoms with Gasteiger partial charge in [-0.15, -0.1) is 0 Å². The lowest BCUT2D eigenvalue weighted by molar-refractivity contribution is -0.122. The number of nitrogens with one attached hydrogen (secondary N) is 1. The Hall–Kier alpha value is -3.47. The van der Waals surface area contributed by atoms with Gasteiger partial charge in [0.15, 0.2) is 6.10 Å². The molecule has 3 aromatic carbocycles. The van der Waals surface area contributed by atoms with Crippen LogP contribution < -0.4 is 19.5 Å². The quantitative estimate of drug-likeness (QED) is 0.476. The molecule has 156 valence electrons. The van der Waals surface area contributed by atoms with Crippen molar-refractivity contribution in [3.8, 4) is 17.2 Å². The van der Waals surface area contributed by atoms with Crippen molar-refractivity contribution in [3.05, 3.63) is 84.4 Å². The number of ether oxygens (including phenoxy) is 3. The highest BCUT2D eigenvalue weighted by Crippen LogP contribution is 2.25. The first kappa shape index (κ1) is 21.2. The average molecular weight is 405 g/mol. The predicted molar refractivity (Wildman–Crippen MR) is 118 cm³/mol. The van der Waals surface area contributed by atoms with E-state index in [2.05, 4.69) is 17.4 Å². The molecule has 0 aliphatic rings. The Balaban J connectivity index is 1.51. The Morgan fingerprint density at radius 1 is 0.900 bits per heavy atom. The molecule has 0 bridgehead atoms. The fourth-order valence-corrected chi connectivity index (χ4v) is 2.95. The molecule has 1 atom stereocenters. The number of rotatable bonds is 10. The van der Waals surface area contributed by atoms with E-state index in [4.69, 9.17) is 14.2 Å². The second kappa shape index (κ2) is 10.9. The molecule has 3 aromatic rings. The highest BCUT2D eigenvalue weighted by Gasteiger charge is 2.16. The molecule has 0 radical (unpaired) electrons. The van der Waals surface area contributed by atoms with Crippen LogP contribution in [0, 0.1) is 0 Å². The normalized spacial score (nSPS) is 11.4. The second-order valence-electron chi connectivity index (χ2n) is 6.86. The highest BCUT2D eigenvalue weighted by atomic mass is 16.5. The van der Waals surface area contributed by atoms with E-state index in [-0.39, 0.29) is 5.91 Å². The number of methoxy groups -OCH3 is 1. The fraction of sp³-hybridized carbons (Fsp3) is 0.240. The maximum absolute atomic E-state index is 12.6. The molecule has 0 aliphatic carbocycles. The lowest BCUT2D eigenvalue weighted by Crippen LogP contribution is -2.30. The second-order valence-corrected chi connectivity index (χ2v) is 6.86. The first-order valence-electron chi connectivity index (χ1n) is 10.0. The van der Waals surface area contributed by atoms with Gasteiger partial charge in [0, 0.05) is 0 Å². The van der Waals surface area contributed by atoms with E-state index in [9.17, 15) is 4.79 Å². The number of hydrogen-bond donors (Lipinski definition) is 1. The van der Waals surface area contributed by atoms with E-state index >= 15 is 0 Å². The fourth-order valence-electron chi connectivity index (χ4n) is 2.95. The van der Waals surface area contributed by atoms with E-state index in [0.717, 1.165) is 18.6 Å². The van der Waals surface area contributed by atoms with Crippen molar-refractivity contribution < 1.29 is 19.0 Å². The summed E-state index contributed by atoms with van der Waals surface area (Å²) in [6.07, 6.45) is 1.18. The molecule has 0 fully saturated rings. The molecule has 0 saturated carbocycles. The molecular weight excluding hydrogens is 378 g/mol. The van der Waals surface area contributed by atoms with Crippen molar-refractivity contribution in [1.82, 2.24) is 0 Å². The third-order valence-corrected chi connectivity index (χ3v) is 4.60. The van der Waals surface area contributed by atoms with E-state index in [1.165, 1.54) is 5.56 Å². The van der Waals surface area contributed by atoms with Crippen LogP contribution in [0.25, 0.3) is 0 Å². The Labute approximate surface area is 177 Å². The summed E-state index contributed by atoms with van der Waals surface area (Å²) in [5.74, 6) is 1.74. The van der Waals surface area contributed by atoms with E-state index in [1.54, 1.807) is 38.3 Å². The minimum absolute atomic E-state index is 0.244. The van der Waals surface area contributed by atoms with Crippen LogP contribution in [0.5, 0.6) is 17.2 Å². The summed E-state index contributed by atoms with van der Waals surface area (Å²) in [6, 6.07) is 24.9. The monoisotopic (exact) mass is 405 g/mol. The number of amides is 1. The summed E-state index contributed by atoms with van der Waals surface area (Å²) in [5, 5.41) is 2.90. The maximum atomic E-state index is 12.6. The van der Waals surface area contributed by atoms with Gasteiger partial charge in [0.2, 0.25) is 0 Å². The molecular formula is C25H27NO4. The molecule has 0 aliphatic heterocycles. The summed E-state index contributed by atoms with van der Waals surface area (Å²) >= 11 is 0. The van der Waals surface area contributed by atoms with Gasteiger partial charge in [-0.3, -0.25) is 4.79 Å². The Bertz CT molecular complexity index is 925. The number of aryl methyl sites for hydroxylation is 1. The van der Waals surface area contributed by atoms with Crippen LogP contribution in [0.3, 0.4) is 0 Å². The zero-order chi connectivity index (χ0) is 21.2. The van der Waals surface area contributed by atoms with Crippen molar-refractivity contribution in [2.75, 3.05) is 19.0 Å². The van der Waals surface area contributed by atoms with E-state index < -0.39 is 6.10 Å². The number of hydrogen-bond acceptors (Lipinski definition) is 4. The van der Waals surface area contributed by atoms with Crippen LogP contribution in [0.15, 0.2) is 78.9 Å². The standard InChI is InChI=1S/C25H27NO4/c1-19(30-22-16-14-21(28-2)15-17-22)25(27)26-23-12-6-7-13-24(23)29-18-8-11-20-9-4-3-5-10-20/h3-7,9-10,12-17,19H,8,11,18H2,1-2H3,(H,26,27). The number of carbonyl (C=O) groups is 1. The summed E-state index contributed by atoms with van der Waals surface area (Å²) in [5.41, 5.74) is 1.92. The molecule has 5 nitrogen and oxygen atoms in total. The molecule has 3 rings (SSSR count). The van der Waals surface area contributed by atoms with Gasteiger partial charge >= 0.3 is 0 Å². The number of carbonyl (C=O) groups excluding carboxylic acids is 1. The lowest BCUT2D eigenvalue weighted by Gasteiger charge is -2.17. The minimum atomic E-state index is -0.662. The summed E-state index contributed by atoms with van der Waals surface area (Å²) in [4.78, 5) is 12.6. The van der Waals surface area contributed by atoms with Gasteiger partial charge < -0.3 is 19.5 Å². The van der Waals surface area contributed by atoms with E-state index in [0.29, 0.717) is 23.8 Å². The zero-order valence-corrected chi connectivity index (χ0v) is 17.3. The molecule has 0 aromatic heterocycles. The van der Waals surface area contributed by atoms with Gasteiger partial charge in [-0.1, -0.05) is 42.5 Å². The van der Waals surface area contributed by atoms with E-state index in [1.807, 2.05) is 42.5 Å². The van der Waals surface area contributed by atoms with Crippen LogP contribution in [0.2, 0.25) is 0 Å². The minimum Gasteiger partial charge on any atom is -0.497 e. The summed E-state index contributed by atoms with van der Waals surface area (Å²) in [6.45, 7) is 2.28. The third-order valence-electron chi connectivity index (χ3n) is 4.60. The Kier molecular flexibility index (Phi) is 7.72. The highest BCUT2D eigenvalue weighted by molar-refractivity contribution is 5.95. The van der Waals surface area contributed by atoms with Crippen molar-refractivity contribution in [1.29, 1.82) is 0 Å². The van der Waals surface area contributed by atoms with Crippen molar-refractivity contribution in [3.63, 3.8) is 0 Å². The molecule has 0 spiro atoms. The predicted octanol–water partition coefficient (Wildman–Crippen LogP) is 5.11. The van der Waals surface area contributed by atoms with Gasteiger partial charge in [-0.25, -0.2) is 0 Å². The van der Waals surface area contributed by atoms with Gasteiger partial charge in [-0.2, -0.15) is 0 Å².